The Labute approximate surface area is 74.2 Å². The number of aromatic nitrogens is 4. The zero-order chi connectivity index (χ0) is 10.3. The SMILES string of the molecule is O=c1[nH]ccn2c(C(F)(F)F)nnc12. The van der Waals surface area contributed by atoms with Gasteiger partial charge in [-0.15, -0.1) is 10.2 Å². The molecule has 0 atom stereocenters. The second kappa shape index (κ2) is 2.56. The average molecular weight is 204 g/mol. The number of nitrogens with zero attached hydrogens (tertiary/aromatic N) is 3. The lowest BCUT2D eigenvalue weighted by Crippen LogP contribution is -2.14. The fourth-order valence-corrected chi connectivity index (χ4v) is 1.03. The Bertz CT molecular complexity index is 526. The van der Waals surface area contributed by atoms with E-state index < -0.39 is 17.6 Å². The first-order chi connectivity index (χ1) is 6.50. The maximum Gasteiger partial charge on any atom is 0.452 e. The second-order valence-electron chi connectivity index (χ2n) is 2.50. The van der Waals surface area contributed by atoms with Crippen LogP contribution in [0.2, 0.25) is 0 Å². The highest BCUT2D eigenvalue weighted by Gasteiger charge is 2.37. The molecule has 0 amide bonds. The first-order valence-corrected chi connectivity index (χ1v) is 3.50. The van der Waals surface area contributed by atoms with Gasteiger partial charge in [-0.1, -0.05) is 0 Å². The Morgan fingerprint density at radius 1 is 1.36 bits per heavy atom. The summed E-state index contributed by atoms with van der Waals surface area (Å²) in [5.74, 6) is -1.21. The minimum Gasteiger partial charge on any atom is -0.324 e. The lowest BCUT2D eigenvalue weighted by molar-refractivity contribution is -0.145. The minimum atomic E-state index is -4.62. The van der Waals surface area contributed by atoms with Crippen molar-refractivity contribution in [1.29, 1.82) is 0 Å². The molecular weight excluding hydrogens is 201 g/mol. The molecule has 0 fully saturated rings. The normalized spacial score (nSPS) is 12.2. The molecule has 74 valence electrons. The summed E-state index contributed by atoms with van der Waals surface area (Å²) in [5.41, 5.74) is -1.09. The van der Waals surface area contributed by atoms with Crippen molar-refractivity contribution in [3.63, 3.8) is 0 Å². The number of hydrogen-bond donors (Lipinski definition) is 1. The number of halogens is 3. The van der Waals surface area contributed by atoms with E-state index in [9.17, 15) is 18.0 Å². The molecule has 0 unspecified atom stereocenters. The van der Waals surface area contributed by atoms with Gasteiger partial charge in [-0.25, -0.2) is 0 Å². The lowest BCUT2D eigenvalue weighted by Gasteiger charge is -2.02. The van der Waals surface area contributed by atoms with Crippen molar-refractivity contribution in [1.82, 2.24) is 19.6 Å². The Balaban J connectivity index is 2.83. The standard InChI is InChI=1S/C6H3F3N4O/c7-6(8,9)5-12-11-3-4(14)10-1-2-13(3)5/h1-2H,(H,10,14). The highest BCUT2D eigenvalue weighted by Crippen LogP contribution is 2.26. The van der Waals surface area contributed by atoms with Crippen LogP contribution in [0.4, 0.5) is 13.2 Å². The topological polar surface area (TPSA) is 63.0 Å². The fourth-order valence-electron chi connectivity index (χ4n) is 1.03. The predicted molar refractivity (Wildman–Crippen MR) is 38.6 cm³/mol. The Kier molecular flexibility index (Phi) is 1.60. The van der Waals surface area contributed by atoms with Gasteiger partial charge < -0.3 is 4.98 Å². The zero-order valence-electron chi connectivity index (χ0n) is 6.54. The second-order valence-corrected chi connectivity index (χ2v) is 2.50. The molecule has 0 bridgehead atoms. The number of alkyl halides is 3. The van der Waals surface area contributed by atoms with Gasteiger partial charge in [-0.2, -0.15) is 13.2 Å². The number of aromatic amines is 1. The summed E-state index contributed by atoms with van der Waals surface area (Å²) in [6.45, 7) is 0. The van der Waals surface area contributed by atoms with Crippen LogP contribution in [-0.4, -0.2) is 19.6 Å². The van der Waals surface area contributed by atoms with E-state index in [0.717, 1.165) is 12.4 Å². The van der Waals surface area contributed by atoms with Gasteiger partial charge in [0.25, 0.3) is 5.56 Å². The smallest absolute Gasteiger partial charge is 0.324 e. The summed E-state index contributed by atoms with van der Waals surface area (Å²) in [7, 11) is 0. The molecule has 0 aliphatic rings. The van der Waals surface area contributed by atoms with E-state index in [4.69, 9.17) is 0 Å². The zero-order valence-corrected chi connectivity index (χ0v) is 6.54. The average Bonchev–Trinajstić information content (AvgIpc) is 2.47. The predicted octanol–water partition coefficient (Wildman–Crippen LogP) is 0.436. The Hall–Kier alpha value is -1.86. The van der Waals surface area contributed by atoms with Crippen LogP contribution in [0.3, 0.4) is 0 Å². The Morgan fingerprint density at radius 2 is 2.07 bits per heavy atom. The first kappa shape index (κ1) is 8.73. The van der Waals surface area contributed by atoms with Crippen molar-refractivity contribution in [2.24, 2.45) is 0 Å². The molecule has 5 nitrogen and oxygen atoms in total. The van der Waals surface area contributed by atoms with Gasteiger partial charge in [0, 0.05) is 12.4 Å². The molecular formula is C6H3F3N4O. The summed E-state index contributed by atoms with van der Waals surface area (Å²) in [5, 5.41) is 6.03. The van der Waals surface area contributed by atoms with Gasteiger partial charge >= 0.3 is 6.18 Å². The van der Waals surface area contributed by atoms with Crippen LogP contribution in [0.15, 0.2) is 17.2 Å². The quantitative estimate of drug-likeness (QED) is 0.677. The first-order valence-electron chi connectivity index (χ1n) is 3.50. The van der Waals surface area contributed by atoms with E-state index in [1.54, 1.807) is 0 Å². The van der Waals surface area contributed by atoms with Crippen LogP contribution in [0.5, 0.6) is 0 Å². The third-order valence-corrected chi connectivity index (χ3v) is 1.59. The molecule has 2 aromatic rings. The summed E-state index contributed by atoms with van der Waals surface area (Å²) in [6.07, 6.45) is -2.49. The third kappa shape index (κ3) is 1.15. The van der Waals surface area contributed by atoms with Crippen LogP contribution >= 0.6 is 0 Å². The van der Waals surface area contributed by atoms with Gasteiger partial charge in [0.05, 0.1) is 0 Å². The van der Waals surface area contributed by atoms with Gasteiger partial charge in [-0.3, -0.25) is 9.20 Å². The van der Waals surface area contributed by atoms with E-state index >= 15 is 0 Å². The molecule has 14 heavy (non-hydrogen) atoms. The van der Waals surface area contributed by atoms with Crippen molar-refractivity contribution < 1.29 is 13.2 Å². The van der Waals surface area contributed by atoms with Crippen molar-refractivity contribution in [2.75, 3.05) is 0 Å². The summed E-state index contributed by atoms with van der Waals surface area (Å²) in [4.78, 5) is 13.2. The van der Waals surface area contributed by atoms with Crippen LogP contribution in [0, 0.1) is 0 Å². The van der Waals surface area contributed by atoms with Crippen LogP contribution in [-0.2, 0) is 6.18 Å². The van der Waals surface area contributed by atoms with Crippen molar-refractivity contribution in [3.05, 3.63) is 28.6 Å². The molecule has 8 heteroatoms. The highest BCUT2D eigenvalue weighted by molar-refractivity contribution is 5.34. The van der Waals surface area contributed by atoms with E-state index in [-0.39, 0.29) is 5.65 Å². The molecule has 1 N–H and O–H groups in total. The number of hydrogen-bond acceptors (Lipinski definition) is 3. The van der Waals surface area contributed by atoms with Crippen LogP contribution in [0.1, 0.15) is 5.82 Å². The molecule has 0 saturated carbocycles. The van der Waals surface area contributed by atoms with Crippen molar-refractivity contribution in [3.8, 4) is 0 Å². The number of rotatable bonds is 0. The summed E-state index contributed by atoms with van der Waals surface area (Å²) in [6, 6.07) is 0. The molecule has 0 spiro atoms. The summed E-state index contributed by atoms with van der Waals surface area (Å²) >= 11 is 0. The number of H-pyrrole nitrogens is 1. The largest absolute Gasteiger partial charge is 0.452 e. The van der Waals surface area contributed by atoms with Crippen molar-refractivity contribution in [2.45, 2.75) is 6.18 Å². The molecule has 2 heterocycles. The summed E-state index contributed by atoms with van der Waals surface area (Å²) < 4.78 is 37.3. The molecule has 0 radical (unpaired) electrons. The molecule has 0 aromatic carbocycles. The van der Waals surface area contributed by atoms with Gasteiger partial charge in [0.2, 0.25) is 11.5 Å². The van der Waals surface area contributed by atoms with E-state index in [1.807, 2.05) is 0 Å². The molecule has 2 rings (SSSR count). The number of nitrogens with one attached hydrogen (secondary N) is 1. The molecule has 2 aromatic heterocycles. The van der Waals surface area contributed by atoms with Crippen molar-refractivity contribution >= 4 is 5.65 Å². The lowest BCUT2D eigenvalue weighted by atomic mass is 10.5. The molecule has 0 saturated heterocycles. The van der Waals surface area contributed by atoms with E-state index in [0.29, 0.717) is 4.40 Å². The van der Waals surface area contributed by atoms with Crippen LogP contribution in [0.25, 0.3) is 5.65 Å². The fraction of sp³-hybridized carbons (Fsp3) is 0.167. The van der Waals surface area contributed by atoms with E-state index in [1.165, 1.54) is 0 Å². The highest BCUT2D eigenvalue weighted by atomic mass is 19.4. The van der Waals surface area contributed by atoms with Gasteiger partial charge in [-0.05, 0) is 0 Å². The molecule has 0 aliphatic heterocycles. The Morgan fingerprint density at radius 3 is 2.71 bits per heavy atom. The van der Waals surface area contributed by atoms with Crippen LogP contribution < -0.4 is 5.56 Å². The van der Waals surface area contributed by atoms with Gasteiger partial charge in [0.15, 0.2) is 0 Å². The maximum absolute atomic E-state index is 12.2. The molecule has 0 aliphatic carbocycles. The third-order valence-electron chi connectivity index (χ3n) is 1.59. The number of fused-ring (bicyclic) bond motifs is 1. The maximum atomic E-state index is 12.2. The van der Waals surface area contributed by atoms with E-state index in [2.05, 4.69) is 15.2 Å². The monoisotopic (exact) mass is 204 g/mol. The van der Waals surface area contributed by atoms with Gasteiger partial charge in [0.1, 0.15) is 0 Å². The minimum absolute atomic E-state index is 0.375.